The fourth-order valence-electron chi connectivity index (χ4n) is 1.60. The fourth-order valence-corrected chi connectivity index (χ4v) is 1.60. The summed E-state index contributed by atoms with van der Waals surface area (Å²) in [7, 11) is 3.47. The van der Waals surface area contributed by atoms with Crippen molar-refractivity contribution >= 4 is 18.4 Å². The topological polar surface area (TPSA) is 55.6 Å². The SMILES string of the molecule is COC(=O)CC1(N)CCN(C)CC1.Cl. The molecule has 0 atom stereocenters. The van der Waals surface area contributed by atoms with E-state index in [2.05, 4.69) is 16.7 Å². The van der Waals surface area contributed by atoms with Gasteiger partial charge in [0, 0.05) is 5.54 Å². The molecule has 14 heavy (non-hydrogen) atoms. The maximum absolute atomic E-state index is 11.1. The third kappa shape index (κ3) is 3.82. The molecule has 0 aliphatic carbocycles. The van der Waals surface area contributed by atoms with Crippen LogP contribution in [0.2, 0.25) is 0 Å². The molecule has 1 fully saturated rings. The molecule has 0 spiro atoms. The van der Waals surface area contributed by atoms with Crippen molar-refractivity contribution in [2.45, 2.75) is 24.8 Å². The first-order valence-corrected chi connectivity index (χ1v) is 4.60. The summed E-state index contributed by atoms with van der Waals surface area (Å²) in [5, 5.41) is 0. The quantitative estimate of drug-likeness (QED) is 0.687. The van der Waals surface area contributed by atoms with Crippen molar-refractivity contribution in [2.75, 3.05) is 27.2 Å². The molecule has 0 aromatic rings. The lowest BCUT2D eigenvalue weighted by atomic mass is 9.86. The van der Waals surface area contributed by atoms with Crippen LogP contribution in [-0.4, -0.2) is 43.7 Å². The van der Waals surface area contributed by atoms with E-state index in [0.717, 1.165) is 25.9 Å². The Balaban J connectivity index is 0.00000169. The zero-order valence-corrected chi connectivity index (χ0v) is 9.60. The van der Waals surface area contributed by atoms with E-state index in [1.54, 1.807) is 0 Å². The van der Waals surface area contributed by atoms with Gasteiger partial charge in [0.05, 0.1) is 13.5 Å². The first-order chi connectivity index (χ1) is 6.06. The van der Waals surface area contributed by atoms with E-state index < -0.39 is 0 Å². The minimum Gasteiger partial charge on any atom is -0.469 e. The predicted octanol–water partition coefficient (Wildman–Crippen LogP) is 0.394. The summed E-state index contributed by atoms with van der Waals surface area (Å²) in [4.78, 5) is 13.3. The van der Waals surface area contributed by atoms with Crippen molar-refractivity contribution in [2.24, 2.45) is 5.73 Å². The number of nitrogens with zero attached hydrogens (tertiary/aromatic N) is 1. The van der Waals surface area contributed by atoms with Crippen LogP contribution in [0, 0.1) is 0 Å². The standard InChI is InChI=1S/C9H18N2O2.ClH/c1-11-5-3-9(10,4-6-11)7-8(12)13-2;/h3-7,10H2,1-2H3;1H. The molecule has 2 N–H and O–H groups in total. The molecule has 0 saturated carbocycles. The Morgan fingerprint density at radius 3 is 2.43 bits per heavy atom. The second-order valence-electron chi connectivity index (χ2n) is 3.92. The van der Waals surface area contributed by atoms with E-state index in [1.165, 1.54) is 7.11 Å². The maximum atomic E-state index is 11.1. The number of carbonyl (C=O) groups is 1. The predicted molar refractivity (Wildman–Crippen MR) is 57.5 cm³/mol. The molecule has 0 unspecified atom stereocenters. The maximum Gasteiger partial charge on any atom is 0.307 e. The second-order valence-corrected chi connectivity index (χ2v) is 3.92. The number of methoxy groups -OCH3 is 1. The van der Waals surface area contributed by atoms with Gasteiger partial charge in [0.1, 0.15) is 0 Å². The number of piperidine rings is 1. The molecule has 0 aromatic carbocycles. The zero-order chi connectivity index (χ0) is 9.90. The van der Waals surface area contributed by atoms with Gasteiger partial charge < -0.3 is 15.4 Å². The molecule has 1 heterocycles. The van der Waals surface area contributed by atoms with E-state index in [-0.39, 0.29) is 23.9 Å². The smallest absolute Gasteiger partial charge is 0.307 e. The number of esters is 1. The number of hydrogen-bond acceptors (Lipinski definition) is 4. The molecule has 1 rings (SSSR count). The third-order valence-corrected chi connectivity index (χ3v) is 2.71. The number of carbonyl (C=O) groups excluding carboxylic acids is 1. The molecule has 4 nitrogen and oxygen atoms in total. The lowest BCUT2D eigenvalue weighted by Crippen LogP contribution is -2.50. The second kappa shape index (κ2) is 5.53. The molecule has 0 radical (unpaired) electrons. The highest BCUT2D eigenvalue weighted by Crippen LogP contribution is 2.22. The van der Waals surface area contributed by atoms with Gasteiger partial charge >= 0.3 is 5.97 Å². The van der Waals surface area contributed by atoms with Crippen molar-refractivity contribution in [3.63, 3.8) is 0 Å². The Bertz CT molecular complexity index is 191. The molecule has 1 saturated heterocycles. The number of ether oxygens (including phenoxy) is 1. The number of nitrogens with two attached hydrogens (primary N) is 1. The van der Waals surface area contributed by atoms with Crippen molar-refractivity contribution < 1.29 is 9.53 Å². The van der Waals surface area contributed by atoms with Crippen molar-refractivity contribution in [3.05, 3.63) is 0 Å². The van der Waals surface area contributed by atoms with Crippen LogP contribution >= 0.6 is 12.4 Å². The van der Waals surface area contributed by atoms with E-state index >= 15 is 0 Å². The fraction of sp³-hybridized carbons (Fsp3) is 0.889. The van der Waals surface area contributed by atoms with Gasteiger partial charge in [0.15, 0.2) is 0 Å². The van der Waals surface area contributed by atoms with E-state index in [0.29, 0.717) is 6.42 Å². The molecule has 0 amide bonds. The van der Waals surface area contributed by atoms with Crippen LogP contribution in [0.25, 0.3) is 0 Å². The summed E-state index contributed by atoms with van der Waals surface area (Å²) in [6.07, 6.45) is 2.09. The summed E-state index contributed by atoms with van der Waals surface area (Å²) >= 11 is 0. The highest BCUT2D eigenvalue weighted by Gasteiger charge is 2.31. The lowest BCUT2D eigenvalue weighted by molar-refractivity contribution is -0.142. The van der Waals surface area contributed by atoms with Crippen LogP contribution in [0.3, 0.4) is 0 Å². The molecular formula is C9H19ClN2O2. The van der Waals surface area contributed by atoms with Crippen LogP contribution in [0.5, 0.6) is 0 Å². The molecular weight excluding hydrogens is 204 g/mol. The largest absolute Gasteiger partial charge is 0.469 e. The Hall–Kier alpha value is -0.320. The highest BCUT2D eigenvalue weighted by molar-refractivity contribution is 5.85. The van der Waals surface area contributed by atoms with Gasteiger partial charge in [-0.1, -0.05) is 0 Å². The Kier molecular flexibility index (Phi) is 5.41. The lowest BCUT2D eigenvalue weighted by Gasteiger charge is -2.36. The molecule has 0 bridgehead atoms. The Labute approximate surface area is 91.2 Å². The Morgan fingerprint density at radius 1 is 1.50 bits per heavy atom. The first-order valence-electron chi connectivity index (χ1n) is 4.60. The number of rotatable bonds is 2. The van der Waals surface area contributed by atoms with E-state index in [9.17, 15) is 4.79 Å². The third-order valence-electron chi connectivity index (χ3n) is 2.71. The van der Waals surface area contributed by atoms with Gasteiger partial charge in [-0.3, -0.25) is 4.79 Å². The summed E-state index contributed by atoms with van der Waals surface area (Å²) in [5.41, 5.74) is 5.74. The van der Waals surface area contributed by atoms with Crippen LogP contribution in [0.4, 0.5) is 0 Å². The Morgan fingerprint density at radius 2 is 2.00 bits per heavy atom. The highest BCUT2D eigenvalue weighted by atomic mass is 35.5. The number of halogens is 1. The first kappa shape index (κ1) is 13.7. The molecule has 84 valence electrons. The summed E-state index contributed by atoms with van der Waals surface area (Å²) in [6.45, 7) is 1.93. The van der Waals surface area contributed by atoms with E-state index in [4.69, 9.17) is 5.73 Å². The minimum atomic E-state index is -0.334. The van der Waals surface area contributed by atoms with Crippen LogP contribution in [0.15, 0.2) is 0 Å². The van der Waals surface area contributed by atoms with Gasteiger partial charge in [0.25, 0.3) is 0 Å². The minimum absolute atomic E-state index is 0. The van der Waals surface area contributed by atoms with Gasteiger partial charge in [0.2, 0.25) is 0 Å². The molecule has 1 aliphatic heterocycles. The molecule has 1 aliphatic rings. The molecule has 5 heteroatoms. The van der Waals surface area contributed by atoms with Gasteiger partial charge in [-0.15, -0.1) is 12.4 Å². The van der Waals surface area contributed by atoms with Gasteiger partial charge in [-0.2, -0.15) is 0 Å². The van der Waals surface area contributed by atoms with E-state index in [1.807, 2.05) is 0 Å². The van der Waals surface area contributed by atoms with Crippen LogP contribution in [0.1, 0.15) is 19.3 Å². The van der Waals surface area contributed by atoms with Gasteiger partial charge in [-0.25, -0.2) is 0 Å². The van der Waals surface area contributed by atoms with Gasteiger partial charge in [-0.05, 0) is 33.0 Å². The normalized spacial score (nSPS) is 21.1. The summed E-state index contributed by atoms with van der Waals surface area (Å²) in [5.74, 6) is -0.202. The van der Waals surface area contributed by atoms with Crippen molar-refractivity contribution in [1.29, 1.82) is 0 Å². The number of likely N-dealkylation sites (tertiary alicyclic amines) is 1. The van der Waals surface area contributed by atoms with Crippen LogP contribution in [-0.2, 0) is 9.53 Å². The molecule has 0 aromatic heterocycles. The zero-order valence-electron chi connectivity index (χ0n) is 8.78. The summed E-state index contributed by atoms with van der Waals surface area (Å²) < 4.78 is 4.61. The van der Waals surface area contributed by atoms with Crippen molar-refractivity contribution in [1.82, 2.24) is 4.90 Å². The average molecular weight is 223 g/mol. The monoisotopic (exact) mass is 222 g/mol. The summed E-state index contributed by atoms with van der Waals surface area (Å²) in [6, 6.07) is 0. The van der Waals surface area contributed by atoms with Crippen molar-refractivity contribution in [3.8, 4) is 0 Å². The average Bonchev–Trinajstić information content (AvgIpc) is 2.10. The van der Waals surface area contributed by atoms with Crippen LogP contribution < -0.4 is 5.73 Å². The number of hydrogen-bond donors (Lipinski definition) is 1.